The lowest BCUT2D eigenvalue weighted by molar-refractivity contribution is 0.0937. The highest BCUT2D eigenvalue weighted by Crippen LogP contribution is 2.16. The molecule has 0 aliphatic heterocycles. The summed E-state index contributed by atoms with van der Waals surface area (Å²) in [6.07, 6.45) is 0. The summed E-state index contributed by atoms with van der Waals surface area (Å²) in [7, 11) is 3.17. The van der Waals surface area contributed by atoms with Gasteiger partial charge in [-0.1, -0.05) is 6.07 Å². The van der Waals surface area contributed by atoms with Gasteiger partial charge in [0.2, 0.25) is 0 Å². The average Bonchev–Trinajstić information content (AvgIpc) is 2.71. The number of rotatable bonds is 10. The Hall–Kier alpha value is -3.06. The standard InChI is InChI=1S/C20H24N2O5/c1-25-12-10-21-19(23)15-4-3-5-16(14-15)20(24)22-11-13-27-18-8-6-17(26-2)7-9-18/h3-9,14H,10-13H2,1-2H3,(H,21,23)(H,22,24). The van der Waals surface area contributed by atoms with Crippen LogP contribution in [0.25, 0.3) is 0 Å². The Balaban J connectivity index is 1.79. The van der Waals surface area contributed by atoms with E-state index < -0.39 is 0 Å². The number of nitrogens with one attached hydrogen (secondary N) is 2. The summed E-state index contributed by atoms with van der Waals surface area (Å²) in [6, 6.07) is 13.7. The highest BCUT2D eigenvalue weighted by Gasteiger charge is 2.10. The summed E-state index contributed by atoms with van der Waals surface area (Å²) in [5.41, 5.74) is 0.840. The van der Waals surface area contributed by atoms with Gasteiger partial charge in [0.15, 0.2) is 0 Å². The number of amides is 2. The summed E-state index contributed by atoms with van der Waals surface area (Å²) in [4.78, 5) is 24.3. The Labute approximate surface area is 158 Å². The molecule has 0 spiro atoms. The third-order valence-corrected chi connectivity index (χ3v) is 3.69. The van der Waals surface area contributed by atoms with E-state index >= 15 is 0 Å². The normalized spacial score (nSPS) is 10.1. The smallest absolute Gasteiger partial charge is 0.251 e. The molecule has 0 heterocycles. The van der Waals surface area contributed by atoms with E-state index in [0.717, 1.165) is 5.75 Å². The van der Waals surface area contributed by atoms with Crippen LogP contribution >= 0.6 is 0 Å². The van der Waals surface area contributed by atoms with E-state index in [1.807, 2.05) is 0 Å². The number of carbonyl (C=O) groups is 2. The van der Waals surface area contributed by atoms with Gasteiger partial charge in [-0.05, 0) is 42.5 Å². The second-order valence-electron chi connectivity index (χ2n) is 5.61. The van der Waals surface area contributed by atoms with Gasteiger partial charge in [-0.2, -0.15) is 0 Å². The minimum Gasteiger partial charge on any atom is -0.497 e. The van der Waals surface area contributed by atoms with E-state index in [9.17, 15) is 9.59 Å². The van der Waals surface area contributed by atoms with Crippen LogP contribution in [0.3, 0.4) is 0 Å². The molecule has 2 aromatic rings. The molecule has 0 saturated carbocycles. The predicted molar refractivity (Wildman–Crippen MR) is 101 cm³/mol. The summed E-state index contributed by atoms with van der Waals surface area (Å²) < 4.78 is 15.5. The topological polar surface area (TPSA) is 85.9 Å². The average molecular weight is 372 g/mol. The highest BCUT2D eigenvalue weighted by molar-refractivity contribution is 5.99. The van der Waals surface area contributed by atoms with Crippen molar-refractivity contribution in [2.24, 2.45) is 0 Å². The van der Waals surface area contributed by atoms with E-state index in [1.54, 1.807) is 62.8 Å². The first kappa shape index (κ1) is 20.3. The fourth-order valence-corrected chi connectivity index (χ4v) is 2.28. The Morgan fingerprint density at radius 3 is 1.93 bits per heavy atom. The van der Waals surface area contributed by atoms with Crippen molar-refractivity contribution in [3.8, 4) is 11.5 Å². The second-order valence-corrected chi connectivity index (χ2v) is 5.61. The van der Waals surface area contributed by atoms with Gasteiger partial charge in [-0.25, -0.2) is 0 Å². The van der Waals surface area contributed by atoms with E-state index in [1.165, 1.54) is 0 Å². The van der Waals surface area contributed by atoms with Crippen LogP contribution in [0.2, 0.25) is 0 Å². The number of methoxy groups -OCH3 is 2. The molecule has 7 nitrogen and oxygen atoms in total. The number of hydrogen-bond acceptors (Lipinski definition) is 5. The Morgan fingerprint density at radius 1 is 0.815 bits per heavy atom. The molecule has 0 unspecified atom stereocenters. The van der Waals surface area contributed by atoms with Crippen LogP contribution in [0.4, 0.5) is 0 Å². The molecule has 2 N–H and O–H groups in total. The Bertz CT molecular complexity index is 746. The fourth-order valence-electron chi connectivity index (χ4n) is 2.28. The van der Waals surface area contributed by atoms with Crippen molar-refractivity contribution >= 4 is 11.8 Å². The summed E-state index contributed by atoms with van der Waals surface area (Å²) >= 11 is 0. The molecule has 2 aromatic carbocycles. The molecule has 0 aliphatic carbocycles. The maximum absolute atomic E-state index is 12.2. The molecular formula is C20H24N2O5. The minimum absolute atomic E-state index is 0.246. The SMILES string of the molecule is COCCNC(=O)c1cccc(C(=O)NCCOc2ccc(OC)cc2)c1. The molecule has 0 bridgehead atoms. The zero-order valence-corrected chi connectivity index (χ0v) is 15.5. The lowest BCUT2D eigenvalue weighted by atomic mass is 10.1. The molecule has 0 aromatic heterocycles. The van der Waals surface area contributed by atoms with Crippen LogP contribution in [-0.2, 0) is 4.74 Å². The van der Waals surface area contributed by atoms with E-state index in [0.29, 0.717) is 43.2 Å². The maximum Gasteiger partial charge on any atom is 0.251 e. The molecule has 0 fully saturated rings. The van der Waals surface area contributed by atoms with Crippen LogP contribution in [0.5, 0.6) is 11.5 Å². The quantitative estimate of drug-likeness (QED) is 0.622. The van der Waals surface area contributed by atoms with Crippen LogP contribution < -0.4 is 20.1 Å². The number of ether oxygens (including phenoxy) is 3. The molecule has 7 heteroatoms. The number of benzene rings is 2. The minimum atomic E-state index is -0.264. The molecule has 0 radical (unpaired) electrons. The fraction of sp³-hybridized carbons (Fsp3) is 0.300. The molecule has 2 rings (SSSR count). The number of hydrogen-bond donors (Lipinski definition) is 2. The third-order valence-electron chi connectivity index (χ3n) is 3.69. The van der Waals surface area contributed by atoms with Crippen LogP contribution in [-0.4, -0.2) is 52.3 Å². The van der Waals surface area contributed by atoms with Crippen LogP contribution in [0.15, 0.2) is 48.5 Å². The summed E-state index contributed by atoms with van der Waals surface area (Å²) in [5.74, 6) is 0.936. The molecule has 144 valence electrons. The van der Waals surface area contributed by atoms with Crippen molar-refractivity contribution in [2.75, 3.05) is 40.5 Å². The van der Waals surface area contributed by atoms with Gasteiger partial charge in [0, 0.05) is 24.8 Å². The highest BCUT2D eigenvalue weighted by atomic mass is 16.5. The van der Waals surface area contributed by atoms with Gasteiger partial charge in [0.25, 0.3) is 11.8 Å². The van der Waals surface area contributed by atoms with Gasteiger partial charge in [0.05, 0.1) is 20.3 Å². The van der Waals surface area contributed by atoms with Gasteiger partial charge in [0.1, 0.15) is 18.1 Å². The summed E-state index contributed by atoms with van der Waals surface area (Å²) in [5, 5.41) is 5.49. The molecule has 0 saturated heterocycles. The largest absolute Gasteiger partial charge is 0.497 e. The summed E-state index contributed by atoms with van der Waals surface area (Å²) in [6.45, 7) is 1.51. The lowest BCUT2D eigenvalue weighted by Gasteiger charge is -2.09. The van der Waals surface area contributed by atoms with Gasteiger partial charge in [-0.15, -0.1) is 0 Å². The van der Waals surface area contributed by atoms with Gasteiger partial charge in [-0.3, -0.25) is 9.59 Å². The zero-order chi connectivity index (χ0) is 19.5. The van der Waals surface area contributed by atoms with Crippen molar-refractivity contribution in [3.05, 3.63) is 59.7 Å². The van der Waals surface area contributed by atoms with Crippen molar-refractivity contribution in [1.29, 1.82) is 0 Å². The van der Waals surface area contributed by atoms with Crippen LogP contribution in [0, 0.1) is 0 Å². The van der Waals surface area contributed by atoms with Gasteiger partial charge < -0.3 is 24.8 Å². The first-order valence-electron chi connectivity index (χ1n) is 8.56. The maximum atomic E-state index is 12.2. The Kier molecular flexibility index (Phi) is 8.12. The van der Waals surface area contributed by atoms with Crippen LogP contribution in [0.1, 0.15) is 20.7 Å². The van der Waals surface area contributed by atoms with E-state index in [-0.39, 0.29) is 11.8 Å². The molecule has 27 heavy (non-hydrogen) atoms. The zero-order valence-electron chi connectivity index (χ0n) is 15.5. The monoisotopic (exact) mass is 372 g/mol. The van der Waals surface area contributed by atoms with Crippen molar-refractivity contribution in [1.82, 2.24) is 10.6 Å². The van der Waals surface area contributed by atoms with Crippen molar-refractivity contribution < 1.29 is 23.8 Å². The molecule has 0 atom stereocenters. The Morgan fingerprint density at radius 2 is 1.37 bits per heavy atom. The van der Waals surface area contributed by atoms with Crippen molar-refractivity contribution in [3.63, 3.8) is 0 Å². The lowest BCUT2D eigenvalue weighted by Crippen LogP contribution is -2.29. The van der Waals surface area contributed by atoms with Crippen molar-refractivity contribution in [2.45, 2.75) is 0 Å². The van der Waals surface area contributed by atoms with E-state index in [4.69, 9.17) is 14.2 Å². The van der Waals surface area contributed by atoms with E-state index in [2.05, 4.69) is 10.6 Å². The third kappa shape index (κ3) is 6.63. The first-order chi connectivity index (χ1) is 13.1. The molecular weight excluding hydrogens is 348 g/mol. The van der Waals surface area contributed by atoms with Gasteiger partial charge >= 0.3 is 0 Å². The molecule has 2 amide bonds. The first-order valence-corrected chi connectivity index (χ1v) is 8.56. The number of carbonyl (C=O) groups excluding carboxylic acids is 2. The molecule has 0 aliphatic rings. The second kappa shape index (κ2) is 10.8. The predicted octanol–water partition coefficient (Wildman–Crippen LogP) is 1.88.